The topological polar surface area (TPSA) is 31.2 Å². The van der Waals surface area contributed by atoms with E-state index < -0.39 is 36.8 Å². The predicted molar refractivity (Wildman–Crippen MR) is 102 cm³/mol. The van der Waals surface area contributed by atoms with Crippen molar-refractivity contribution in [1.29, 1.82) is 0 Å². The van der Waals surface area contributed by atoms with E-state index in [1.807, 2.05) is 10.6 Å². The minimum Gasteiger partial charge on any atom is -0.377 e. The van der Waals surface area contributed by atoms with Gasteiger partial charge in [0.1, 0.15) is 0 Å². The summed E-state index contributed by atoms with van der Waals surface area (Å²) in [6.45, 7) is 1.03. The molecule has 164 valence electrons. The van der Waals surface area contributed by atoms with Gasteiger partial charge in [-0.05, 0) is 30.9 Å². The molecular weight excluding hydrogens is 429 g/mol. The molecule has 0 N–H and O–H groups in total. The third-order valence-corrected chi connectivity index (χ3v) is 6.43. The maximum atomic E-state index is 13.9. The van der Waals surface area contributed by atoms with E-state index in [-0.39, 0.29) is 31.1 Å². The average Bonchev–Trinajstić information content (AvgIpc) is 2.97. The molecule has 0 radical (unpaired) electrons. The maximum absolute atomic E-state index is 13.9. The minimum absolute atomic E-state index is 0.00926. The summed E-state index contributed by atoms with van der Waals surface area (Å²) in [7, 11) is 0. The Morgan fingerprint density at radius 2 is 1.97 bits per heavy atom. The number of halogens is 6. The molecule has 1 aliphatic carbocycles. The third kappa shape index (κ3) is 4.21. The number of nitrogens with zero attached hydrogens (tertiary/aromatic N) is 1. The first kappa shape index (κ1) is 21.6. The van der Waals surface area contributed by atoms with Crippen molar-refractivity contribution in [2.24, 2.45) is 11.8 Å². The van der Waals surface area contributed by atoms with E-state index in [2.05, 4.69) is 0 Å². The Bertz CT molecular complexity index is 951. The lowest BCUT2D eigenvalue weighted by Crippen LogP contribution is -2.38. The lowest BCUT2D eigenvalue weighted by Gasteiger charge is -2.35. The number of ketones is 1. The van der Waals surface area contributed by atoms with Crippen LogP contribution in [0.3, 0.4) is 0 Å². The lowest BCUT2D eigenvalue weighted by atomic mass is 9.76. The fourth-order valence-electron chi connectivity index (χ4n) is 4.54. The lowest BCUT2D eigenvalue weighted by molar-refractivity contribution is -0.214. The number of rotatable bonds is 5. The van der Waals surface area contributed by atoms with E-state index in [1.165, 1.54) is 0 Å². The third-order valence-electron chi connectivity index (χ3n) is 6.11. The van der Waals surface area contributed by atoms with Crippen molar-refractivity contribution in [3.05, 3.63) is 35.0 Å². The van der Waals surface area contributed by atoms with Gasteiger partial charge in [-0.25, -0.2) is 8.78 Å². The monoisotopic (exact) mass is 449 g/mol. The number of alkyl halides is 5. The number of carbonyl (C=O) groups is 1. The fraction of sp³-hybridized carbons (Fsp3) is 0.571. The predicted octanol–water partition coefficient (Wildman–Crippen LogP) is 6.44. The van der Waals surface area contributed by atoms with Crippen LogP contribution in [-0.2, 0) is 4.74 Å². The largest absolute Gasteiger partial charge is 0.392 e. The number of hydrogen-bond donors (Lipinski definition) is 0. The van der Waals surface area contributed by atoms with Crippen molar-refractivity contribution in [2.75, 3.05) is 13.2 Å². The zero-order valence-corrected chi connectivity index (χ0v) is 16.8. The summed E-state index contributed by atoms with van der Waals surface area (Å²) < 4.78 is 74.0. The summed E-state index contributed by atoms with van der Waals surface area (Å²) in [5.74, 6) is -6.55. The Hall–Kier alpha value is -1.67. The Balaban J connectivity index is 1.52. The smallest absolute Gasteiger partial charge is 0.377 e. The van der Waals surface area contributed by atoms with Crippen LogP contribution in [0.15, 0.2) is 24.4 Å². The summed E-state index contributed by atoms with van der Waals surface area (Å²) in [6, 6.07) is 5.36. The van der Waals surface area contributed by atoms with Crippen molar-refractivity contribution in [3.63, 3.8) is 0 Å². The van der Waals surface area contributed by atoms with E-state index in [4.69, 9.17) is 16.3 Å². The van der Waals surface area contributed by atoms with E-state index in [0.717, 1.165) is 5.52 Å². The van der Waals surface area contributed by atoms with Gasteiger partial charge in [0.2, 0.25) is 5.92 Å². The minimum atomic E-state index is -4.65. The van der Waals surface area contributed by atoms with Gasteiger partial charge in [-0.15, -0.1) is 0 Å². The van der Waals surface area contributed by atoms with Crippen LogP contribution in [0.4, 0.5) is 22.0 Å². The van der Waals surface area contributed by atoms with Gasteiger partial charge in [0, 0.05) is 36.4 Å². The molecule has 2 atom stereocenters. The zero-order valence-electron chi connectivity index (χ0n) is 16.0. The van der Waals surface area contributed by atoms with Gasteiger partial charge < -0.3 is 9.30 Å². The summed E-state index contributed by atoms with van der Waals surface area (Å²) in [5, 5.41) is 0.981. The van der Waals surface area contributed by atoms with Gasteiger partial charge in [-0.3, -0.25) is 4.79 Å². The van der Waals surface area contributed by atoms with Crippen LogP contribution >= 0.6 is 11.6 Å². The van der Waals surface area contributed by atoms with Gasteiger partial charge in [0.25, 0.3) is 0 Å². The summed E-state index contributed by atoms with van der Waals surface area (Å²) in [4.78, 5) is 12.9. The van der Waals surface area contributed by atoms with Crippen LogP contribution in [0.5, 0.6) is 0 Å². The second-order valence-electron chi connectivity index (χ2n) is 8.34. The number of hydrogen-bond acceptors (Lipinski definition) is 2. The molecule has 1 saturated heterocycles. The molecule has 0 amide bonds. The Morgan fingerprint density at radius 3 is 2.60 bits per heavy atom. The normalized spacial score (nSPS) is 24.7. The maximum Gasteiger partial charge on any atom is 0.392 e. The number of aromatic nitrogens is 1. The van der Waals surface area contributed by atoms with E-state index in [9.17, 15) is 26.7 Å². The molecule has 1 aromatic heterocycles. The van der Waals surface area contributed by atoms with Crippen molar-refractivity contribution in [1.82, 2.24) is 4.57 Å². The summed E-state index contributed by atoms with van der Waals surface area (Å²) >= 11 is 6.32. The number of fused-ring (bicyclic) bond motifs is 1. The van der Waals surface area contributed by atoms with E-state index in [1.54, 1.807) is 18.3 Å². The van der Waals surface area contributed by atoms with Gasteiger partial charge in [0.15, 0.2) is 5.78 Å². The number of ether oxygens (including phenoxy) is 1. The Kier molecular flexibility index (Phi) is 5.60. The summed E-state index contributed by atoms with van der Waals surface area (Å²) in [6.07, 6.45) is -5.23. The van der Waals surface area contributed by atoms with Crippen molar-refractivity contribution < 1.29 is 31.5 Å². The first-order valence-electron chi connectivity index (χ1n) is 9.90. The van der Waals surface area contributed by atoms with Crippen LogP contribution < -0.4 is 0 Å². The van der Waals surface area contributed by atoms with Crippen LogP contribution in [0, 0.1) is 11.8 Å². The molecule has 1 aromatic carbocycles. The molecule has 2 aliphatic rings. The van der Waals surface area contributed by atoms with Gasteiger partial charge in [-0.1, -0.05) is 17.7 Å². The first-order chi connectivity index (χ1) is 14.0. The molecule has 1 saturated carbocycles. The highest BCUT2D eigenvalue weighted by molar-refractivity contribution is 6.37. The number of Topliss-reactive ketones (excluding diaryl/α,β-unsaturated/α-hetero) is 1. The van der Waals surface area contributed by atoms with Crippen molar-refractivity contribution >= 4 is 28.3 Å². The highest BCUT2D eigenvalue weighted by atomic mass is 35.5. The zero-order chi connectivity index (χ0) is 21.7. The van der Waals surface area contributed by atoms with E-state index in [0.29, 0.717) is 29.2 Å². The second-order valence-corrected chi connectivity index (χ2v) is 8.75. The Morgan fingerprint density at radius 1 is 1.23 bits per heavy atom. The molecule has 3 nitrogen and oxygen atoms in total. The molecule has 0 spiro atoms. The van der Waals surface area contributed by atoms with Gasteiger partial charge >= 0.3 is 6.18 Å². The van der Waals surface area contributed by atoms with Crippen molar-refractivity contribution in [2.45, 2.75) is 50.2 Å². The van der Waals surface area contributed by atoms with Crippen LogP contribution in [0.25, 0.3) is 10.9 Å². The standard InChI is InChI=1S/C21H21ClF5NO2/c22-16-2-1-3-17-19(16)15(9-28(17)14-10-30-11-14)18(29)5-4-12-6-13(21(25,26)27)8-20(23,24)7-12/h1-3,9,12-14H,4-8,10-11H2. The SMILES string of the molecule is O=C(CCC1CC(C(F)(F)F)CC(F)(F)C1)c1cn(C2COC2)c2cccc(Cl)c12. The highest BCUT2D eigenvalue weighted by Gasteiger charge is 2.51. The first-order valence-corrected chi connectivity index (χ1v) is 10.3. The molecular formula is C21H21ClF5NO2. The molecule has 2 fully saturated rings. The molecule has 4 rings (SSSR count). The molecule has 30 heavy (non-hydrogen) atoms. The average molecular weight is 450 g/mol. The molecule has 9 heteroatoms. The molecule has 2 aromatic rings. The molecule has 1 aliphatic heterocycles. The fourth-order valence-corrected chi connectivity index (χ4v) is 4.81. The van der Waals surface area contributed by atoms with E-state index >= 15 is 0 Å². The molecule has 2 unspecified atom stereocenters. The molecule has 0 bridgehead atoms. The second kappa shape index (κ2) is 7.79. The van der Waals surface area contributed by atoms with Crippen molar-refractivity contribution in [3.8, 4) is 0 Å². The summed E-state index contributed by atoms with van der Waals surface area (Å²) in [5.41, 5.74) is 1.15. The van der Waals surface area contributed by atoms with Crippen LogP contribution in [0.1, 0.15) is 48.5 Å². The number of benzene rings is 1. The molecule has 2 heterocycles. The quantitative estimate of drug-likeness (QED) is 0.388. The highest BCUT2D eigenvalue weighted by Crippen LogP contribution is 2.47. The van der Waals surface area contributed by atoms with Gasteiger partial charge in [-0.2, -0.15) is 13.2 Å². The van der Waals surface area contributed by atoms with Crippen LogP contribution in [-0.4, -0.2) is 35.7 Å². The Labute approximate surface area is 175 Å². The van der Waals surface area contributed by atoms with Crippen LogP contribution in [0.2, 0.25) is 5.02 Å². The van der Waals surface area contributed by atoms with Gasteiger partial charge in [0.05, 0.1) is 35.7 Å². The number of carbonyl (C=O) groups excluding carboxylic acids is 1.